The van der Waals surface area contributed by atoms with Crippen molar-refractivity contribution < 1.29 is 9.47 Å². The average Bonchev–Trinajstić information content (AvgIpc) is 2.49. The second kappa shape index (κ2) is 4.17. The lowest BCUT2D eigenvalue weighted by Crippen LogP contribution is -2.41. The fourth-order valence-electron chi connectivity index (χ4n) is 2.51. The molecule has 1 N–H and O–H groups in total. The zero-order chi connectivity index (χ0) is 10.0. The first-order valence-corrected chi connectivity index (χ1v) is 5.70. The van der Waals surface area contributed by atoms with Gasteiger partial charge in [-0.15, -0.1) is 0 Å². The Kier molecular flexibility index (Phi) is 3.10. The largest absolute Gasteiger partial charge is 0.373 e. The molecule has 2 aliphatic heterocycles. The minimum absolute atomic E-state index is 0.144. The highest BCUT2D eigenvalue weighted by molar-refractivity contribution is 4.93. The van der Waals surface area contributed by atoms with E-state index in [1.54, 1.807) is 0 Å². The smallest absolute Gasteiger partial charge is 0.0839 e. The summed E-state index contributed by atoms with van der Waals surface area (Å²) in [5.41, 5.74) is 0.144. The van der Waals surface area contributed by atoms with Crippen LogP contribution in [0.5, 0.6) is 0 Å². The van der Waals surface area contributed by atoms with Crippen molar-refractivity contribution in [2.75, 3.05) is 19.7 Å². The number of nitrogens with one attached hydrogen (secondary N) is 1. The van der Waals surface area contributed by atoms with Gasteiger partial charge in [0.2, 0.25) is 0 Å². The van der Waals surface area contributed by atoms with E-state index in [1.165, 1.54) is 0 Å². The molecule has 0 radical (unpaired) electrons. The van der Waals surface area contributed by atoms with Gasteiger partial charge in [-0.2, -0.15) is 0 Å². The number of ether oxygens (including phenoxy) is 2. The Bertz CT molecular complexity index is 188. The van der Waals surface area contributed by atoms with E-state index in [0.717, 1.165) is 39.0 Å². The Labute approximate surface area is 86.2 Å². The molecule has 0 amide bonds. The minimum atomic E-state index is 0.144. The summed E-state index contributed by atoms with van der Waals surface area (Å²) in [4.78, 5) is 0. The number of hydrogen-bond donors (Lipinski definition) is 1. The van der Waals surface area contributed by atoms with Crippen LogP contribution in [0.15, 0.2) is 0 Å². The van der Waals surface area contributed by atoms with Crippen molar-refractivity contribution >= 4 is 0 Å². The van der Waals surface area contributed by atoms with Crippen LogP contribution in [-0.2, 0) is 9.47 Å². The van der Waals surface area contributed by atoms with E-state index < -0.39 is 0 Å². The maximum atomic E-state index is 5.93. The van der Waals surface area contributed by atoms with Crippen LogP contribution >= 0.6 is 0 Å². The van der Waals surface area contributed by atoms with Gasteiger partial charge in [-0.1, -0.05) is 0 Å². The van der Waals surface area contributed by atoms with E-state index in [-0.39, 0.29) is 5.60 Å². The summed E-state index contributed by atoms with van der Waals surface area (Å²) in [5.74, 6) is 0. The highest BCUT2D eigenvalue weighted by Crippen LogP contribution is 2.35. The molecule has 3 heteroatoms. The summed E-state index contributed by atoms with van der Waals surface area (Å²) in [7, 11) is 0. The van der Waals surface area contributed by atoms with E-state index in [9.17, 15) is 0 Å². The Morgan fingerprint density at radius 3 is 2.71 bits per heavy atom. The summed E-state index contributed by atoms with van der Waals surface area (Å²) in [5, 5.41) is 3.37. The molecule has 0 saturated carbocycles. The highest BCUT2D eigenvalue weighted by Gasteiger charge is 2.41. The molecule has 2 saturated heterocycles. The lowest BCUT2D eigenvalue weighted by molar-refractivity contribution is -0.0275. The first-order chi connectivity index (χ1) is 6.70. The Hall–Kier alpha value is -0.120. The summed E-state index contributed by atoms with van der Waals surface area (Å²) in [6.45, 7) is 7.15. The molecular weight excluding hydrogens is 178 g/mol. The van der Waals surface area contributed by atoms with Crippen LogP contribution < -0.4 is 5.32 Å². The zero-order valence-electron chi connectivity index (χ0n) is 9.21. The van der Waals surface area contributed by atoms with Crippen molar-refractivity contribution in [2.45, 2.75) is 50.9 Å². The van der Waals surface area contributed by atoms with Crippen LogP contribution in [0, 0.1) is 0 Å². The topological polar surface area (TPSA) is 30.5 Å². The molecule has 3 nitrogen and oxygen atoms in total. The third kappa shape index (κ3) is 2.27. The highest BCUT2D eigenvalue weighted by atomic mass is 16.6. The van der Waals surface area contributed by atoms with Crippen molar-refractivity contribution in [1.29, 1.82) is 0 Å². The molecular formula is C11H21NO2. The fraction of sp³-hybridized carbons (Fsp3) is 1.00. The molecule has 82 valence electrons. The van der Waals surface area contributed by atoms with Crippen molar-refractivity contribution in [2.24, 2.45) is 0 Å². The molecule has 1 unspecified atom stereocenters. The summed E-state index contributed by atoms with van der Waals surface area (Å²) >= 11 is 0. The molecule has 2 aliphatic rings. The van der Waals surface area contributed by atoms with E-state index >= 15 is 0 Å². The van der Waals surface area contributed by atoms with Gasteiger partial charge in [0.25, 0.3) is 0 Å². The average molecular weight is 199 g/mol. The summed E-state index contributed by atoms with van der Waals surface area (Å²) in [6, 6.07) is 0. The number of piperidine rings is 1. The standard InChI is InChI=1S/C11H21NO2/c1-9(2)14-10-7-11(13-8-10)3-5-12-6-4-11/h9-10,12H,3-8H2,1-2H3. The summed E-state index contributed by atoms with van der Waals surface area (Å²) < 4.78 is 11.7. The van der Waals surface area contributed by atoms with E-state index in [2.05, 4.69) is 19.2 Å². The molecule has 1 atom stereocenters. The van der Waals surface area contributed by atoms with Crippen LogP contribution in [0.4, 0.5) is 0 Å². The van der Waals surface area contributed by atoms with Crippen LogP contribution in [-0.4, -0.2) is 37.5 Å². The quantitative estimate of drug-likeness (QED) is 0.727. The predicted octanol–water partition coefficient (Wildman–Crippen LogP) is 1.32. The maximum Gasteiger partial charge on any atom is 0.0839 e. The normalized spacial score (nSPS) is 31.5. The van der Waals surface area contributed by atoms with Crippen LogP contribution in [0.1, 0.15) is 33.1 Å². The molecule has 2 heterocycles. The van der Waals surface area contributed by atoms with Crippen molar-refractivity contribution in [3.63, 3.8) is 0 Å². The molecule has 14 heavy (non-hydrogen) atoms. The second-order valence-electron chi connectivity index (χ2n) is 4.75. The molecule has 0 aliphatic carbocycles. The minimum Gasteiger partial charge on any atom is -0.373 e. The van der Waals surface area contributed by atoms with Crippen molar-refractivity contribution in [1.82, 2.24) is 5.32 Å². The van der Waals surface area contributed by atoms with Crippen LogP contribution in [0.25, 0.3) is 0 Å². The van der Waals surface area contributed by atoms with Crippen molar-refractivity contribution in [3.05, 3.63) is 0 Å². The van der Waals surface area contributed by atoms with Crippen molar-refractivity contribution in [3.8, 4) is 0 Å². The van der Waals surface area contributed by atoms with Gasteiger partial charge in [-0.05, 0) is 39.8 Å². The first kappa shape index (κ1) is 10.4. The van der Waals surface area contributed by atoms with Gasteiger partial charge in [-0.3, -0.25) is 0 Å². The SMILES string of the molecule is CC(C)OC1COC2(CCNCC2)C1. The predicted molar refractivity (Wildman–Crippen MR) is 55.4 cm³/mol. The number of rotatable bonds is 2. The van der Waals surface area contributed by atoms with E-state index in [1.807, 2.05) is 0 Å². The van der Waals surface area contributed by atoms with Crippen LogP contribution in [0.2, 0.25) is 0 Å². The Morgan fingerprint density at radius 2 is 2.07 bits per heavy atom. The number of hydrogen-bond acceptors (Lipinski definition) is 3. The van der Waals surface area contributed by atoms with Crippen LogP contribution in [0.3, 0.4) is 0 Å². The lowest BCUT2D eigenvalue weighted by atomic mass is 9.89. The fourth-order valence-corrected chi connectivity index (χ4v) is 2.51. The monoisotopic (exact) mass is 199 g/mol. The first-order valence-electron chi connectivity index (χ1n) is 5.70. The Morgan fingerprint density at radius 1 is 1.36 bits per heavy atom. The third-order valence-electron chi connectivity index (χ3n) is 3.15. The van der Waals surface area contributed by atoms with E-state index in [0.29, 0.717) is 12.2 Å². The van der Waals surface area contributed by atoms with Gasteiger partial charge in [0, 0.05) is 6.42 Å². The van der Waals surface area contributed by atoms with Gasteiger partial charge in [0.1, 0.15) is 0 Å². The zero-order valence-corrected chi connectivity index (χ0v) is 9.21. The maximum absolute atomic E-state index is 5.93. The van der Waals surface area contributed by atoms with Gasteiger partial charge in [0.15, 0.2) is 0 Å². The van der Waals surface area contributed by atoms with Gasteiger partial charge in [0.05, 0.1) is 24.4 Å². The van der Waals surface area contributed by atoms with E-state index in [4.69, 9.17) is 9.47 Å². The van der Waals surface area contributed by atoms with Gasteiger partial charge in [-0.25, -0.2) is 0 Å². The van der Waals surface area contributed by atoms with Gasteiger partial charge >= 0.3 is 0 Å². The second-order valence-corrected chi connectivity index (χ2v) is 4.75. The lowest BCUT2D eigenvalue weighted by Gasteiger charge is -2.32. The van der Waals surface area contributed by atoms with Gasteiger partial charge < -0.3 is 14.8 Å². The summed E-state index contributed by atoms with van der Waals surface area (Å²) in [6.07, 6.45) is 4.02. The molecule has 1 spiro atoms. The molecule has 2 rings (SSSR count). The molecule has 0 aromatic carbocycles. The third-order valence-corrected chi connectivity index (χ3v) is 3.15. The molecule has 0 bridgehead atoms. The molecule has 0 aromatic heterocycles. The molecule has 2 fully saturated rings. The Balaban J connectivity index is 1.86. The molecule has 0 aromatic rings.